The Balaban J connectivity index is 2.46. The SMILES string of the molecule is Cc1cc(-c2nc(C)c(C(N)=O)s2)on1. The van der Waals surface area contributed by atoms with Crippen molar-refractivity contribution in [1.29, 1.82) is 0 Å². The monoisotopic (exact) mass is 223 g/mol. The van der Waals surface area contributed by atoms with Crippen molar-refractivity contribution in [3.05, 3.63) is 22.3 Å². The van der Waals surface area contributed by atoms with Crippen molar-refractivity contribution < 1.29 is 9.32 Å². The first-order chi connectivity index (χ1) is 7.08. The highest BCUT2D eigenvalue weighted by Crippen LogP contribution is 2.27. The van der Waals surface area contributed by atoms with Gasteiger partial charge in [0.15, 0.2) is 10.8 Å². The van der Waals surface area contributed by atoms with Crippen molar-refractivity contribution in [3.63, 3.8) is 0 Å². The highest BCUT2D eigenvalue weighted by Gasteiger charge is 2.15. The van der Waals surface area contributed by atoms with E-state index >= 15 is 0 Å². The molecule has 0 atom stereocenters. The van der Waals surface area contributed by atoms with Crippen molar-refractivity contribution in [2.45, 2.75) is 13.8 Å². The zero-order valence-electron chi connectivity index (χ0n) is 8.27. The summed E-state index contributed by atoms with van der Waals surface area (Å²) in [6.07, 6.45) is 0. The highest BCUT2D eigenvalue weighted by molar-refractivity contribution is 7.17. The third kappa shape index (κ3) is 1.75. The van der Waals surface area contributed by atoms with Crippen molar-refractivity contribution in [1.82, 2.24) is 10.1 Å². The largest absolute Gasteiger partial charge is 0.365 e. The molecule has 2 aromatic rings. The maximum absolute atomic E-state index is 11.0. The Kier molecular flexibility index (Phi) is 2.28. The third-order valence-electron chi connectivity index (χ3n) is 1.86. The van der Waals surface area contributed by atoms with Crippen LogP contribution >= 0.6 is 11.3 Å². The van der Waals surface area contributed by atoms with Gasteiger partial charge in [0.2, 0.25) is 0 Å². The topological polar surface area (TPSA) is 82.0 Å². The van der Waals surface area contributed by atoms with Crippen LogP contribution in [0, 0.1) is 13.8 Å². The number of primary amides is 1. The fourth-order valence-electron chi connectivity index (χ4n) is 1.19. The van der Waals surface area contributed by atoms with E-state index in [-0.39, 0.29) is 0 Å². The molecule has 2 heterocycles. The number of aryl methyl sites for hydroxylation is 2. The Hall–Kier alpha value is -1.69. The van der Waals surface area contributed by atoms with Gasteiger partial charge in [-0.05, 0) is 13.8 Å². The molecule has 0 unspecified atom stereocenters. The molecule has 2 rings (SSSR count). The van der Waals surface area contributed by atoms with E-state index in [9.17, 15) is 4.79 Å². The molecule has 1 amide bonds. The Labute approximate surface area is 89.9 Å². The molecular formula is C9H9N3O2S. The molecule has 0 saturated heterocycles. The van der Waals surface area contributed by atoms with Gasteiger partial charge in [0, 0.05) is 6.07 Å². The number of aromatic nitrogens is 2. The van der Waals surface area contributed by atoms with Crippen LogP contribution in [-0.4, -0.2) is 16.0 Å². The Morgan fingerprint density at radius 2 is 2.27 bits per heavy atom. The smallest absolute Gasteiger partial charge is 0.260 e. The van der Waals surface area contributed by atoms with Gasteiger partial charge >= 0.3 is 0 Å². The number of thiazole rings is 1. The van der Waals surface area contributed by atoms with Crippen molar-refractivity contribution >= 4 is 17.2 Å². The first-order valence-corrected chi connectivity index (χ1v) is 5.10. The maximum atomic E-state index is 11.0. The van der Waals surface area contributed by atoms with Gasteiger partial charge in [-0.3, -0.25) is 4.79 Å². The van der Waals surface area contributed by atoms with Crippen LogP contribution in [0.1, 0.15) is 21.1 Å². The van der Waals surface area contributed by atoms with Crippen LogP contribution in [0.3, 0.4) is 0 Å². The van der Waals surface area contributed by atoms with Crippen molar-refractivity contribution in [2.75, 3.05) is 0 Å². The van der Waals surface area contributed by atoms with Gasteiger partial charge in [0.05, 0.1) is 11.4 Å². The fraction of sp³-hybridized carbons (Fsp3) is 0.222. The van der Waals surface area contributed by atoms with Gasteiger partial charge in [0.1, 0.15) is 4.88 Å². The van der Waals surface area contributed by atoms with E-state index in [4.69, 9.17) is 10.3 Å². The summed E-state index contributed by atoms with van der Waals surface area (Å²) in [7, 11) is 0. The molecule has 0 aromatic carbocycles. The van der Waals surface area contributed by atoms with Crippen molar-refractivity contribution in [2.24, 2.45) is 5.73 Å². The van der Waals surface area contributed by atoms with Gasteiger partial charge in [-0.2, -0.15) is 0 Å². The molecule has 2 N–H and O–H groups in total. The minimum atomic E-state index is -0.465. The summed E-state index contributed by atoms with van der Waals surface area (Å²) < 4.78 is 5.04. The normalized spacial score (nSPS) is 10.5. The number of hydrogen-bond acceptors (Lipinski definition) is 5. The quantitative estimate of drug-likeness (QED) is 0.836. The maximum Gasteiger partial charge on any atom is 0.260 e. The Morgan fingerprint density at radius 1 is 1.53 bits per heavy atom. The van der Waals surface area contributed by atoms with E-state index in [1.54, 1.807) is 13.0 Å². The molecule has 0 aliphatic heterocycles. The first kappa shape index (κ1) is 9.85. The second-order valence-corrected chi connectivity index (χ2v) is 4.13. The molecule has 0 radical (unpaired) electrons. The van der Waals surface area contributed by atoms with Crippen LogP contribution in [0.25, 0.3) is 10.8 Å². The van der Waals surface area contributed by atoms with Crippen LogP contribution in [-0.2, 0) is 0 Å². The van der Waals surface area contributed by atoms with Crippen molar-refractivity contribution in [3.8, 4) is 10.8 Å². The molecule has 0 fully saturated rings. The second-order valence-electron chi connectivity index (χ2n) is 3.13. The molecule has 0 spiro atoms. The predicted octanol–water partition coefficient (Wildman–Crippen LogP) is 1.51. The summed E-state index contributed by atoms with van der Waals surface area (Å²) >= 11 is 1.21. The molecule has 78 valence electrons. The number of carbonyl (C=O) groups excluding carboxylic acids is 1. The Bertz CT molecular complexity index is 515. The number of carbonyl (C=O) groups is 1. The summed E-state index contributed by atoms with van der Waals surface area (Å²) in [6.45, 7) is 3.56. The lowest BCUT2D eigenvalue weighted by atomic mass is 10.4. The predicted molar refractivity (Wildman–Crippen MR) is 55.6 cm³/mol. The molecule has 15 heavy (non-hydrogen) atoms. The Morgan fingerprint density at radius 3 is 2.73 bits per heavy atom. The van der Waals surface area contributed by atoms with E-state index in [0.717, 1.165) is 5.69 Å². The number of hydrogen-bond donors (Lipinski definition) is 1. The molecule has 0 bridgehead atoms. The van der Waals surface area contributed by atoms with Gasteiger partial charge in [-0.25, -0.2) is 4.98 Å². The van der Waals surface area contributed by atoms with Crippen LogP contribution in [0.15, 0.2) is 10.6 Å². The molecule has 0 saturated carbocycles. The summed E-state index contributed by atoms with van der Waals surface area (Å²) in [5.74, 6) is 0.0978. The van der Waals surface area contributed by atoms with Crippen LogP contribution in [0.4, 0.5) is 0 Å². The van der Waals surface area contributed by atoms with E-state index in [1.165, 1.54) is 11.3 Å². The highest BCUT2D eigenvalue weighted by atomic mass is 32.1. The van der Waals surface area contributed by atoms with E-state index < -0.39 is 5.91 Å². The summed E-state index contributed by atoms with van der Waals surface area (Å²) in [5, 5.41) is 4.38. The molecule has 2 aromatic heterocycles. The number of amides is 1. The lowest BCUT2D eigenvalue weighted by Crippen LogP contribution is -2.09. The first-order valence-electron chi connectivity index (χ1n) is 4.29. The third-order valence-corrected chi connectivity index (χ3v) is 3.05. The number of nitrogens with zero attached hydrogens (tertiary/aromatic N) is 2. The zero-order valence-corrected chi connectivity index (χ0v) is 9.09. The van der Waals surface area contributed by atoms with Gasteiger partial charge in [-0.1, -0.05) is 5.16 Å². The van der Waals surface area contributed by atoms with E-state index in [1.807, 2.05) is 6.92 Å². The summed E-state index contributed by atoms with van der Waals surface area (Å²) in [5.41, 5.74) is 6.59. The molecule has 0 aliphatic carbocycles. The summed E-state index contributed by atoms with van der Waals surface area (Å²) in [4.78, 5) is 15.7. The fourth-order valence-corrected chi connectivity index (χ4v) is 2.06. The number of rotatable bonds is 2. The van der Waals surface area contributed by atoms with Gasteiger partial charge in [0.25, 0.3) is 5.91 Å². The molecule has 0 aliphatic rings. The van der Waals surface area contributed by atoms with Crippen LogP contribution < -0.4 is 5.73 Å². The lowest BCUT2D eigenvalue weighted by Gasteiger charge is -1.85. The lowest BCUT2D eigenvalue weighted by molar-refractivity contribution is 0.100. The molecule has 5 nitrogen and oxygen atoms in total. The van der Waals surface area contributed by atoms with Gasteiger partial charge in [-0.15, -0.1) is 11.3 Å². The van der Waals surface area contributed by atoms with Crippen LogP contribution in [0.5, 0.6) is 0 Å². The number of nitrogens with two attached hydrogens (primary N) is 1. The van der Waals surface area contributed by atoms with E-state index in [2.05, 4.69) is 10.1 Å². The minimum Gasteiger partial charge on any atom is -0.365 e. The summed E-state index contributed by atoms with van der Waals surface area (Å²) in [6, 6.07) is 1.77. The molecular weight excluding hydrogens is 214 g/mol. The molecule has 6 heteroatoms. The average Bonchev–Trinajstić information content (AvgIpc) is 2.71. The second kappa shape index (κ2) is 3.47. The standard InChI is InChI=1S/C9H9N3O2S/c1-4-3-6(14-12-4)9-11-5(2)7(15-9)8(10)13/h3H,1-2H3,(H2,10,13). The van der Waals surface area contributed by atoms with E-state index in [0.29, 0.717) is 21.3 Å². The minimum absolute atomic E-state index is 0.457. The van der Waals surface area contributed by atoms with Gasteiger partial charge < -0.3 is 10.3 Å². The zero-order chi connectivity index (χ0) is 11.0. The average molecular weight is 223 g/mol. The van der Waals surface area contributed by atoms with Crippen LogP contribution in [0.2, 0.25) is 0 Å².